The number of aromatic nitrogens is 1. The number of thiophene rings is 1. The quantitative estimate of drug-likeness (QED) is 0.309. The maximum absolute atomic E-state index is 11.8. The van der Waals surface area contributed by atoms with E-state index in [9.17, 15) is 4.79 Å². The summed E-state index contributed by atoms with van der Waals surface area (Å²) in [4.78, 5) is 17.1. The van der Waals surface area contributed by atoms with Gasteiger partial charge in [0, 0.05) is 16.6 Å². The molecule has 2 heterocycles. The zero-order chi connectivity index (χ0) is 18.8. The summed E-state index contributed by atoms with van der Waals surface area (Å²) in [7, 11) is 1.40. The number of thiazole rings is 1. The van der Waals surface area contributed by atoms with E-state index in [1.54, 1.807) is 23.1 Å². The number of hydrogen-bond donors (Lipinski definition) is 1. The molecule has 0 amide bonds. The van der Waals surface area contributed by atoms with E-state index in [4.69, 9.17) is 9.72 Å². The summed E-state index contributed by atoms with van der Waals surface area (Å²) in [6.07, 6.45) is 2.00. The van der Waals surface area contributed by atoms with Crippen LogP contribution in [0.4, 0.5) is 10.8 Å². The van der Waals surface area contributed by atoms with Gasteiger partial charge in [0.05, 0.1) is 17.0 Å². The van der Waals surface area contributed by atoms with Crippen LogP contribution in [0.2, 0.25) is 0 Å². The van der Waals surface area contributed by atoms with E-state index >= 15 is 0 Å². The van der Waals surface area contributed by atoms with Gasteiger partial charge >= 0.3 is 5.97 Å². The van der Waals surface area contributed by atoms with E-state index in [-0.39, 0.29) is 5.97 Å². The van der Waals surface area contributed by atoms with Gasteiger partial charge in [-0.25, -0.2) is 9.78 Å². The first-order valence-corrected chi connectivity index (χ1v) is 11.1. The zero-order valence-corrected chi connectivity index (χ0v) is 17.1. The first kappa shape index (κ1) is 18.0. The average Bonchev–Trinajstić information content (AvgIpc) is 3.34. The number of carbonyl (C=O) groups is 1. The number of thioether (sulfide) groups is 1. The lowest BCUT2D eigenvalue weighted by Gasteiger charge is -2.04. The number of nitrogens with zero attached hydrogens (tertiary/aromatic N) is 1. The third-order valence-corrected chi connectivity index (χ3v) is 7.06. The number of nitrogens with one attached hydrogen (secondary N) is 1. The van der Waals surface area contributed by atoms with Gasteiger partial charge in [0.2, 0.25) is 0 Å². The molecular weight excluding hydrogens is 396 g/mol. The smallest absolute Gasteiger partial charge is 0.348 e. The number of ether oxygens (including phenoxy) is 1. The van der Waals surface area contributed by atoms with E-state index in [2.05, 4.69) is 35.6 Å². The van der Waals surface area contributed by atoms with Crippen molar-refractivity contribution in [2.24, 2.45) is 0 Å². The van der Waals surface area contributed by atoms with Gasteiger partial charge in [0.25, 0.3) is 0 Å². The fourth-order valence-electron chi connectivity index (χ4n) is 2.75. The monoisotopic (exact) mass is 412 g/mol. The summed E-state index contributed by atoms with van der Waals surface area (Å²) < 4.78 is 5.89. The molecule has 0 spiro atoms. The van der Waals surface area contributed by atoms with E-state index in [1.807, 2.05) is 29.8 Å². The first-order valence-electron chi connectivity index (χ1n) is 8.16. The van der Waals surface area contributed by atoms with Crippen molar-refractivity contribution >= 4 is 62.0 Å². The lowest BCUT2D eigenvalue weighted by Crippen LogP contribution is -1.96. The molecule has 2 aromatic carbocycles. The molecule has 0 bridgehead atoms. The van der Waals surface area contributed by atoms with Crippen LogP contribution in [0.1, 0.15) is 9.67 Å². The van der Waals surface area contributed by atoms with Crippen LogP contribution in [0.3, 0.4) is 0 Å². The summed E-state index contributed by atoms with van der Waals surface area (Å²) in [5.74, 6) is -0.314. The van der Waals surface area contributed by atoms with Gasteiger partial charge in [-0.1, -0.05) is 30.3 Å². The molecule has 0 unspecified atom stereocenters. The van der Waals surface area contributed by atoms with Crippen LogP contribution in [0.25, 0.3) is 22.0 Å². The Hall–Kier alpha value is -2.35. The van der Waals surface area contributed by atoms with Crippen molar-refractivity contribution in [1.29, 1.82) is 0 Å². The number of esters is 1. The molecule has 0 radical (unpaired) electrons. The molecule has 27 heavy (non-hydrogen) atoms. The number of carbonyl (C=O) groups excluding carboxylic acids is 1. The number of hydrogen-bond acceptors (Lipinski definition) is 7. The predicted octanol–water partition coefficient (Wildman–Crippen LogP) is 6.28. The highest BCUT2D eigenvalue weighted by Gasteiger charge is 2.18. The van der Waals surface area contributed by atoms with E-state index < -0.39 is 0 Å². The zero-order valence-electron chi connectivity index (χ0n) is 14.7. The second-order valence-corrected chi connectivity index (χ2v) is 8.72. The fraction of sp³-hybridized carbons (Fsp3) is 0.100. The molecule has 1 N–H and O–H groups in total. The van der Waals surface area contributed by atoms with Crippen LogP contribution < -0.4 is 5.32 Å². The Morgan fingerprint density at radius 1 is 1.15 bits per heavy atom. The Kier molecular flexibility index (Phi) is 5.15. The number of fused-ring (bicyclic) bond motifs is 1. The standard InChI is InChI=1S/C20H16N2O2S3/c1-24-18(23)17-10-15(19(25-2)27-17)16-11-26-20(22-16)21-14-8-7-12-5-3-4-6-13(12)9-14/h3-11H,1-2H3,(H,21,22). The van der Waals surface area contributed by atoms with Gasteiger partial charge in [-0.05, 0) is 35.2 Å². The molecule has 7 heteroatoms. The third kappa shape index (κ3) is 3.71. The molecule has 0 saturated heterocycles. The van der Waals surface area contributed by atoms with Crippen molar-refractivity contribution in [3.8, 4) is 11.3 Å². The molecule has 4 rings (SSSR count). The van der Waals surface area contributed by atoms with Crippen molar-refractivity contribution in [3.05, 3.63) is 58.8 Å². The van der Waals surface area contributed by atoms with E-state index in [0.29, 0.717) is 4.88 Å². The van der Waals surface area contributed by atoms with Gasteiger partial charge in [-0.2, -0.15) is 0 Å². The highest BCUT2D eigenvalue weighted by atomic mass is 32.2. The minimum Gasteiger partial charge on any atom is -0.465 e. The highest BCUT2D eigenvalue weighted by molar-refractivity contribution is 8.00. The van der Waals surface area contributed by atoms with Gasteiger partial charge < -0.3 is 10.1 Å². The SMILES string of the molecule is COC(=O)c1cc(-c2csc(Nc3ccc4ccccc4c3)n2)c(SC)s1. The van der Waals surface area contributed by atoms with E-state index in [0.717, 1.165) is 26.3 Å². The van der Waals surface area contributed by atoms with Crippen molar-refractivity contribution in [2.45, 2.75) is 4.21 Å². The van der Waals surface area contributed by atoms with Crippen LogP contribution >= 0.6 is 34.4 Å². The molecule has 136 valence electrons. The molecule has 0 aliphatic rings. The van der Waals surface area contributed by atoms with Crippen molar-refractivity contribution in [1.82, 2.24) is 4.98 Å². The number of anilines is 2. The van der Waals surface area contributed by atoms with Crippen molar-refractivity contribution < 1.29 is 9.53 Å². The molecular formula is C20H16N2O2S3. The van der Waals surface area contributed by atoms with Gasteiger partial charge in [-0.3, -0.25) is 0 Å². The topological polar surface area (TPSA) is 51.2 Å². The molecule has 0 fully saturated rings. The van der Waals surface area contributed by atoms with Crippen molar-refractivity contribution in [2.75, 3.05) is 18.7 Å². The van der Waals surface area contributed by atoms with E-state index in [1.165, 1.54) is 29.2 Å². The third-order valence-electron chi connectivity index (χ3n) is 4.05. The lowest BCUT2D eigenvalue weighted by atomic mass is 10.1. The molecule has 2 aromatic heterocycles. The summed E-state index contributed by atoms with van der Waals surface area (Å²) in [6.45, 7) is 0. The minimum atomic E-state index is -0.314. The maximum atomic E-state index is 11.8. The summed E-state index contributed by atoms with van der Waals surface area (Å²) >= 11 is 4.59. The lowest BCUT2D eigenvalue weighted by molar-refractivity contribution is 0.0606. The molecule has 0 saturated carbocycles. The molecule has 0 aliphatic carbocycles. The molecule has 0 aliphatic heterocycles. The second kappa shape index (κ2) is 7.72. The molecule has 0 atom stereocenters. The Balaban J connectivity index is 1.61. The highest BCUT2D eigenvalue weighted by Crippen LogP contribution is 2.39. The predicted molar refractivity (Wildman–Crippen MR) is 116 cm³/mol. The van der Waals surface area contributed by atoms with Crippen LogP contribution in [-0.2, 0) is 4.74 Å². The molecule has 4 nitrogen and oxygen atoms in total. The summed E-state index contributed by atoms with van der Waals surface area (Å²) in [5, 5.41) is 8.59. The van der Waals surface area contributed by atoms with Gasteiger partial charge in [0.15, 0.2) is 5.13 Å². The van der Waals surface area contributed by atoms with Crippen LogP contribution in [0, 0.1) is 0 Å². The maximum Gasteiger partial charge on any atom is 0.348 e. The Morgan fingerprint density at radius 2 is 1.96 bits per heavy atom. The molecule has 4 aromatic rings. The van der Waals surface area contributed by atoms with Gasteiger partial charge in [-0.15, -0.1) is 34.4 Å². The van der Waals surface area contributed by atoms with Gasteiger partial charge in [0.1, 0.15) is 4.88 Å². The van der Waals surface area contributed by atoms with Crippen LogP contribution in [0.5, 0.6) is 0 Å². The Labute approximate surface area is 169 Å². The Bertz CT molecular complexity index is 1120. The average molecular weight is 413 g/mol. The van der Waals surface area contributed by atoms with Crippen LogP contribution in [-0.4, -0.2) is 24.3 Å². The van der Waals surface area contributed by atoms with Crippen LogP contribution in [0.15, 0.2) is 58.1 Å². The number of benzene rings is 2. The number of methoxy groups -OCH3 is 1. The minimum absolute atomic E-state index is 0.314. The summed E-state index contributed by atoms with van der Waals surface area (Å²) in [5.41, 5.74) is 2.83. The normalized spacial score (nSPS) is 10.9. The first-order chi connectivity index (χ1) is 13.2. The van der Waals surface area contributed by atoms with Crippen molar-refractivity contribution in [3.63, 3.8) is 0 Å². The second-order valence-electron chi connectivity index (χ2n) is 5.73. The number of rotatable bonds is 5. The summed E-state index contributed by atoms with van der Waals surface area (Å²) in [6, 6.07) is 16.4. The largest absolute Gasteiger partial charge is 0.465 e. The fourth-order valence-corrected chi connectivity index (χ4v) is 5.28. The Morgan fingerprint density at radius 3 is 2.74 bits per heavy atom.